The van der Waals surface area contributed by atoms with Gasteiger partial charge in [-0.25, -0.2) is 35.1 Å². The van der Waals surface area contributed by atoms with E-state index in [1.54, 1.807) is 0 Å². The fraction of sp³-hybridized carbons (Fsp3) is 0.143. The number of aliphatic hydroxyl groups is 1. The lowest BCUT2D eigenvalue weighted by molar-refractivity contribution is -0.209. The first-order chi connectivity index (χ1) is 11.4. The van der Waals surface area contributed by atoms with E-state index in [0.717, 1.165) is 0 Å². The van der Waals surface area contributed by atoms with Crippen molar-refractivity contribution in [1.29, 1.82) is 0 Å². The molecule has 1 aliphatic rings. The van der Waals surface area contributed by atoms with Gasteiger partial charge in [-0.05, 0) is 6.07 Å². The third-order valence-corrected chi connectivity index (χ3v) is 3.89. The molecule has 2 aromatic carbocycles. The van der Waals surface area contributed by atoms with Gasteiger partial charge in [0.2, 0.25) is 0 Å². The van der Waals surface area contributed by atoms with Crippen LogP contribution in [0.4, 0.5) is 43.9 Å². The zero-order valence-corrected chi connectivity index (χ0v) is 11.3. The van der Waals surface area contributed by atoms with E-state index in [9.17, 15) is 49.0 Å². The Morgan fingerprint density at radius 2 is 1.04 bits per heavy atom. The van der Waals surface area contributed by atoms with Gasteiger partial charge in [0.15, 0.2) is 52.1 Å². The average molecular weight is 376 g/mol. The lowest BCUT2D eigenvalue weighted by atomic mass is 9.65. The number of hydrogen-bond acceptors (Lipinski definition) is 1. The summed E-state index contributed by atoms with van der Waals surface area (Å²) in [7, 11) is 0. The van der Waals surface area contributed by atoms with E-state index in [-0.39, 0.29) is 0 Å². The summed E-state index contributed by atoms with van der Waals surface area (Å²) in [5.41, 5.74) is -10.4. The molecule has 0 saturated heterocycles. The SMILES string of the molecule is OC1(c2cc(F)c(F)c(F)c2F)c2c(F)c(F)c(F)c(F)c2C1(F)F. The van der Waals surface area contributed by atoms with Crippen LogP contribution in [0.3, 0.4) is 0 Å². The van der Waals surface area contributed by atoms with E-state index >= 15 is 0 Å². The summed E-state index contributed by atoms with van der Waals surface area (Å²) in [5.74, 6) is -25.2. The molecule has 11 heteroatoms. The van der Waals surface area contributed by atoms with E-state index in [1.807, 2.05) is 0 Å². The Morgan fingerprint density at radius 3 is 1.56 bits per heavy atom. The van der Waals surface area contributed by atoms with Crippen LogP contribution in [0.1, 0.15) is 16.7 Å². The highest BCUT2D eigenvalue weighted by Gasteiger charge is 2.71. The monoisotopic (exact) mass is 376 g/mol. The molecule has 0 spiro atoms. The Hall–Kier alpha value is -2.30. The Bertz CT molecular complexity index is 938. The Morgan fingerprint density at radius 1 is 0.600 bits per heavy atom. The van der Waals surface area contributed by atoms with Gasteiger partial charge in [-0.15, -0.1) is 0 Å². The van der Waals surface area contributed by atoms with E-state index in [2.05, 4.69) is 0 Å². The molecule has 1 N–H and O–H groups in total. The first kappa shape index (κ1) is 17.5. The minimum absolute atomic E-state index is 0.427. The summed E-state index contributed by atoms with van der Waals surface area (Å²) in [6.07, 6.45) is 0. The van der Waals surface area contributed by atoms with Crippen LogP contribution in [-0.2, 0) is 11.5 Å². The molecule has 0 radical (unpaired) electrons. The van der Waals surface area contributed by atoms with Crippen LogP contribution in [0.15, 0.2) is 6.07 Å². The summed E-state index contributed by atoms with van der Waals surface area (Å²) in [6.45, 7) is 0. The van der Waals surface area contributed by atoms with Crippen molar-refractivity contribution < 1.29 is 49.0 Å². The highest BCUT2D eigenvalue weighted by molar-refractivity contribution is 5.57. The molecule has 2 aromatic rings. The van der Waals surface area contributed by atoms with Crippen LogP contribution < -0.4 is 0 Å². The largest absolute Gasteiger partial charge is 0.374 e. The number of halogens is 10. The minimum atomic E-state index is -5.01. The van der Waals surface area contributed by atoms with Crippen LogP contribution in [0.25, 0.3) is 0 Å². The van der Waals surface area contributed by atoms with E-state index in [4.69, 9.17) is 0 Å². The van der Waals surface area contributed by atoms with E-state index in [1.165, 1.54) is 0 Å². The lowest BCUT2D eigenvalue weighted by Gasteiger charge is -2.47. The van der Waals surface area contributed by atoms with Crippen LogP contribution in [0, 0.1) is 46.5 Å². The van der Waals surface area contributed by atoms with Crippen molar-refractivity contribution in [2.24, 2.45) is 0 Å². The molecule has 0 heterocycles. The second-order valence-corrected chi connectivity index (χ2v) is 5.14. The van der Waals surface area contributed by atoms with Gasteiger partial charge in [-0.1, -0.05) is 0 Å². The quantitative estimate of drug-likeness (QED) is 0.451. The van der Waals surface area contributed by atoms with Crippen molar-refractivity contribution in [3.8, 4) is 0 Å². The summed E-state index contributed by atoms with van der Waals surface area (Å²) in [6, 6.07) is -0.427. The second-order valence-electron chi connectivity index (χ2n) is 5.14. The molecule has 0 aliphatic heterocycles. The number of fused-ring (bicyclic) bond motifs is 1. The fourth-order valence-electron chi connectivity index (χ4n) is 2.68. The third kappa shape index (κ3) is 1.78. The van der Waals surface area contributed by atoms with Gasteiger partial charge in [-0.3, -0.25) is 0 Å². The summed E-state index contributed by atoms with van der Waals surface area (Å²) in [4.78, 5) is 0. The van der Waals surface area contributed by atoms with Crippen LogP contribution >= 0.6 is 0 Å². The van der Waals surface area contributed by atoms with Gasteiger partial charge in [0.05, 0.1) is 5.56 Å². The molecule has 0 saturated carbocycles. The van der Waals surface area contributed by atoms with Gasteiger partial charge in [0.25, 0.3) is 0 Å². The predicted octanol–water partition coefficient (Wildman–Crippen LogP) is 4.14. The van der Waals surface area contributed by atoms with Gasteiger partial charge in [-0.2, -0.15) is 8.78 Å². The third-order valence-electron chi connectivity index (χ3n) is 3.89. The number of rotatable bonds is 1. The molecule has 0 aromatic heterocycles. The molecular formula is C14H2F10O. The van der Waals surface area contributed by atoms with Crippen molar-refractivity contribution in [3.63, 3.8) is 0 Å². The minimum Gasteiger partial charge on any atom is -0.374 e. The maximum absolute atomic E-state index is 14.1. The van der Waals surface area contributed by atoms with E-state index in [0.29, 0.717) is 0 Å². The van der Waals surface area contributed by atoms with Crippen molar-refractivity contribution in [2.45, 2.75) is 11.5 Å². The standard InChI is InChI=1S/C14H2F10O/c15-3-1-2(6(16)10(20)7(3)17)13(25)4-5(14(13,23)24)9(19)12(22)11(21)8(4)18/h1,25H. The second kappa shape index (κ2) is 4.87. The van der Waals surface area contributed by atoms with Crippen molar-refractivity contribution in [3.05, 3.63) is 69.3 Å². The molecule has 25 heavy (non-hydrogen) atoms. The molecule has 3 rings (SSSR count). The first-order valence-electron chi connectivity index (χ1n) is 6.19. The van der Waals surface area contributed by atoms with Crippen molar-refractivity contribution in [1.82, 2.24) is 0 Å². The van der Waals surface area contributed by atoms with Crippen LogP contribution in [0.2, 0.25) is 0 Å². The van der Waals surface area contributed by atoms with Gasteiger partial charge < -0.3 is 5.11 Å². The zero-order valence-electron chi connectivity index (χ0n) is 11.3. The summed E-state index contributed by atoms with van der Waals surface area (Å²) < 4.78 is 135. The van der Waals surface area contributed by atoms with Gasteiger partial charge >= 0.3 is 5.92 Å². The molecule has 134 valence electrons. The molecule has 1 atom stereocenters. The van der Waals surface area contributed by atoms with Crippen LogP contribution in [0.5, 0.6) is 0 Å². The molecule has 0 bridgehead atoms. The lowest BCUT2D eigenvalue weighted by Crippen LogP contribution is -2.56. The molecule has 0 fully saturated rings. The number of benzene rings is 2. The molecule has 1 nitrogen and oxygen atoms in total. The Balaban J connectivity index is 2.44. The first-order valence-corrected chi connectivity index (χ1v) is 6.19. The molecule has 1 unspecified atom stereocenters. The summed E-state index contributed by atoms with van der Waals surface area (Å²) >= 11 is 0. The fourth-order valence-corrected chi connectivity index (χ4v) is 2.68. The smallest absolute Gasteiger partial charge is 0.313 e. The predicted molar refractivity (Wildman–Crippen MR) is 59.4 cm³/mol. The molecule has 1 aliphatic carbocycles. The maximum atomic E-state index is 14.1. The average Bonchev–Trinajstić information content (AvgIpc) is 2.56. The summed E-state index contributed by atoms with van der Waals surface area (Å²) in [5, 5.41) is 9.96. The highest BCUT2D eigenvalue weighted by Crippen LogP contribution is 2.62. The van der Waals surface area contributed by atoms with Crippen LogP contribution in [-0.4, -0.2) is 5.11 Å². The zero-order chi connectivity index (χ0) is 19.1. The highest BCUT2D eigenvalue weighted by atomic mass is 19.3. The van der Waals surface area contributed by atoms with Gasteiger partial charge in [0.1, 0.15) is 0 Å². The van der Waals surface area contributed by atoms with Crippen molar-refractivity contribution >= 4 is 0 Å². The van der Waals surface area contributed by atoms with Crippen molar-refractivity contribution in [2.75, 3.05) is 0 Å². The number of hydrogen-bond donors (Lipinski definition) is 1. The Kier molecular flexibility index (Phi) is 3.41. The Labute approximate surface area is 131 Å². The number of alkyl halides is 2. The van der Waals surface area contributed by atoms with E-state index < -0.39 is 80.8 Å². The molecule has 0 amide bonds. The topological polar surface area (TPSA) is 20.2 Å². The molecular weight excluding hydrogens is 374 g/mol. The normalized spacial score (nSPS) is 21.1. The maximum Gasteiger partial charge on any atom is 0.313 e. The van der Waals surface area contributed by atoms with Gasteiger partial charge in [0, 0.05) is 11.1 Å².